The van der Waals surface area contributed by atoms with Gasteiger partial charge in [0.1, 0.15) is 28.8 Å². The van der Waals surface area contributed by atoms with E-state index in [-0.39, 0.29) is 34.7 Å². The molecule has 3 rings (SSSR count). The van der Waals surface area contributed by atoms with Crippen molar-refractivity contribution >= 4 is 28.5 Å². The second-order valence-electron chi connectivity index (χ2n) is 9.36. The van der Waals surface area contributed by atoms with Crippen LogP contribution in [0, 0.1) is 18.6 Å². The van der Waals surface area contributed by atoms with Crippen LogP contribution >= 0.6 is 11.5 Å². The van der Waals surface area contributed by atoms with Gasteiger partial charge in [0.25, 0.3) is 5.91 Å². The van der Waals surface area contributed by atoms with Gasteiger partial charge in [-0.25, -0.2) is 13.6 Å². The van der Waals surface area contributed by atoms with E-state index in [0.717, 1.165) is 57.0 Å². The Morgan fingerprint density at radius 2 is 1.87 bits per heavy atom. The fourth-order valence-electron chi connectivity index (χ4n) is 4.32. The van der Waals surface area contributed by atoms with Gasteiger partial charge in [0.2, 0.25) is 5.88 Å². The molecule has 0 aliphatic carbocycles. The number of urea groups is 1. The molecule has 1 aliphatic rings. The minimum atomic E-state index is -0.891. The molecule has 2 aromatic rings. The zero-order chi connectivity index (χ0) is 27.7. The molecule has 1 aromatic heterocycles. The number of carbonyl (C=O) groups is 2. The van der Waals surface area contributed by atoms with Crippen LogP contribution in [0.4, 0.5) is 18.6 Å². The van der Waals surface area contributed by atoms with Gasteiger partial charge in [-0.2, -0.15) is 4.37 Å². The number of hydrogen-bond donors (Lipinski definition) is 4. The number of nitrogens with zero attached hydrogens (tertiary/aromatic N) is 3. The first-order valence-electron chi connectivity index (χ1n) is 12.7. The maximum absolute atomic E-state index is 14.2. The van der Waals surface area contributed by atoms with Crippen molar-refractivity contribution in [1.29, 1.82) is 0 Å². The lowest BCUT2D eigenvalue weighted by Crippen LogP contribution is -2.52. The quantitative estimate of drug-likeness (QED) is 0.299. The highest BCUT2D eigenvalue weighted by atomic mass is 32.1. The van der Waals surface area contributed by atoms with Crippen molar-refractivity contribution in [2.75, 3.05) is 51.2 Å². The summed E-state index contributed by atoms with van der Waals surface area (Å²) in [6, 6.07) is 1.73. The van der Waals surface area contributed by atoms with Gasteiger partial charge in [0.05, 0.1) is 12.2 Å². The third-order valence-electron chi connectivity index (χ3n) is 6.37. The smallest absolute Gasteiger partial charge is 0.320 e. The van der Waals surface area contributed by atoms with E-state index < -0.39 is 30.2 Å². The summed E-state index contributed by atoms with van der Waals surface area (Å²) in [4.78, 5) is 29.5. The highest BCUT2D eigenvalue weighted by molar-refractivity contribution is 7.11. The van der Waals surface area contributed by atoms with Gasteiger partial charge in [-0.15, -0.1) is 0 Å². The normalized spacial score (nSPS) is 15.3. The van der Waals surface area contributed by atoms with Gasteiger partial charge in [0, 0.05) is 45.3 Å². The maximum Gasteiger partial charge on any atom is 0.320 e. The van der Waals surface area contributed by atoms with Crippen LogP contribution in [-0.2, 0) is 6.61 Å². The van der Waals surface area contributed by atoms with Gasteiger partial charge >= 0.3 is 6.03 Å². The first-order valence-corrected chi connectivity index (χ1v) is 13.5. The number of aliphatic hydroxyl groups is 1. The zero-order valence-electron chi connectivity index (χ0n) is 21.8. The van der Waals surface area contributed by atoms with Crippen LogP contribution in [0.2, 0.25) is 0 Å². The minimum absolute atomic E-state index is 0.0849. The van der Waals surface area contributed by atoms with Crippen molar-refractivity contribution in [1.82, 2.24) is 19.5 Å². The van der Waals surface area contributed by atoms with Crippen LogP contribution < -0.4 is 21.1 Å². The van der Waals surface area contributed by atoms with Crippen LogP contribution in [0.5, 0.6) is 5.88 Å². The highest BCUT2D eigenvalue weighted by Crippen LogP contribution is 2.31. The Hall–Kier alpha value is -2.87. The lowest BCUT2D eigenvalue weighted by Gasteiger charge is -2.36. The number of anilines is 1. The van der Waals surface area contributed by atoms with Crippen molar-refractivity contribution in [3.05, 3.63) is 40.5 Å². The van der Waals surface area contributed by atoms with Crippen LogP contribution in [-0.4, -0.2) is 83.1 Å². The van der Waals surface area contributed by atoms with Gasteiger partial charge in [-0.1, -0.05) is 19.8 Å². The number of aliphatic hydroxyl groups excluding tert-OH is 1. The van der Waals surface area contributed by atoms with Gasteiger partial charge in [-0.3, -0.25) is 19.9 Å². The van der Waals surface area contributed by atoms with E-state index >= 15 is 0 Å². The van der Waals surface area contributed by atoms with Crippen LogP contribution in [0.3, 0.4) is 0 Å². The summed E-state index contributed by atoms with van der Waals surface area (Å²) in [5, 5.41) is 14.8. The number of hydrogen-bond acceptors (Lipinski definition) is 8. The highest BCUT2D eigenvalue weighted by Gasteiger charge is 2.25. The molecular weight excluding hydrogens is 518 g/mol. The molecule has 2 heterocycles. The molecule has 13 heteroatoms. The molecule has 0 radical (unpaired) electrons. The number of aryl methyl sites for hydroxylation is 1. The fraction of sp³-hybridized carbons (Fsp3) is 0.560. The molecule has 1 fully saturated rings. The number of piperazine rings is 1. The van der Waals surface area contributed by atoms with Crippen molar-refractivity contribution in [3.8, 4) is 5.88 Å². The van der Waals surface area contributed by atoms with Crippen molar-refractivity contribution in [2.45, 2.75) is 45.8 Å². The number of β-amino-alcohol motifs (C(OH)–C–C–N with tert-alkyl or cyclic N) is 1. The zero-order valence-corrected chi connectivity index (χ0v) is 22.6. The topological polar surface area (TPSA) is 133 Å². The third-order valence-corrected chi connectivity index (χ3v) is 7.12. The second kappa shape index (κ2) is 14.3. The number of nitrogens with two attached hydrogens (primary N) is 1. The average Bonchev–Trinajstić information content (AvgIpc) is 3.25. The molecule has 1 aliphatic heterocycles. The standard InChI is InChI=1S/C25H36F2N6O4S/c1-3-4-5-17(14-33-8-6-32(7-9-33)10-11-34)29-25(36)30-24-21(22(28)35)23(31-38-24)37-15-18-19(26)12-16(2)13-20(18)27/h12-13,17,34H,3-11,14-15H2,1-2H3,(H2,28,35)(H2,29,30,36). The van der Waals surface area contributed by atoms with Crippen molar-refractivity contribution in [3.63, 3.8) is 0 Å². The van der Waals surface area contributed by atoms with Gasteiger partial charge in [-0.05, 0) is 42.6 Å². The summed E-state index contributed by atoms with van der Waals surface area (Å²) in [6.07, 6.45) is 2.70. The summed E-state index contributed by atoms with van der Waals surface area (Å²) in [5.41, 5.74) is 5.47. The summed E-state index contributed by atoms with van der Waals surface area (Å²) in [7, 11) is 0. The van der Waals surface area contributed by atoms with E-state index in [9.17, 15) is 18.4 Å². The molecule has 38 heavy (non-hydrogen) atoms. The van der Waals surface area contributed by atoms with Crippen LogP contribution in [0.1, 0.15) is 47.7 Å². The summed E-state index contributed by atoms with van der Waals surface area (Å²) >= 11 is 0.793. The molecule has 3 amide bonds. The number of ether oxygens (including phenoxy) is 1. The minimum Gasteiger partial charge on any atom is -0.471 e. The number of aromatic nitrogens is 1. The second-order valence-corrected chi connectivity index (χ2v) is 10.1. The Kier molecular flexibility index (Phi) is 11.2. The van der Waals surface area contributed by atoms with E-state index in [1.807, 2.05) is 0 Å². The molecule has 0 bridgehead atoms. The fourth-order valence-corrected chi connectivity index (χ4v) is 5.05. The molecule has 1 unspecified atom stereocenters. The third kappa shape index (κ3) is 8.32. The van der Waals surface area contributed by atoms with E-state index in [4.69, 9.17) is 15.6 Å². The van der Waals surface area contributed by atoms with E-state index in [0.29, 0.717) is 18.7 Å². The maximum atomic E-state index is 14.2. The molecule has 1 aromatic carbocycles. The number of primary amides is 1. The Bertz CT molecular complexity index is 1070. The van der Waals surface area contributed by atoms with E-state index in [1.54, 1.807) is 6.92 Å². The number of benzene rings is 1. The number of unbranched alkanes of at least 4 members (excludes halogenated alkanes) is 1. The van der Waals surface area contributed by atoms with E-state index in [1.165, 1.54) is 12.1 Å². The molecule has 0 spiro atoms. The number of nitrogens with one attached hydrogen (secondary N) is 2. The molecular formula is C25H36F2N6O4S. The Balaban J connectivity index is 1.63. The summed E-state index contributed by atoms with van der Waals surface area (Å²) in [6.45, 7) is 8.01. The lowest BCUT2D eigenvalue weighted by atomic mass is 10.1. The van der Waals surface area contributed by atoms with Crippen molar-refractivity contribution < 1.29 is 28.2 Å². The predicted molar refractivity (Wildman–Crippen MR) is 141 cm³/mol. The number of rotatable bonds is 13. The summed E-state index contributed by atoms with van der Waals surface area (Å²) in [5.74, 6) is -2.65. The first kappa shape index (κ1) is 29.7. The van der Waals surface area contributed by atoms with Crippen molar-refractivity contribution in [2.24, 2.45) is 5.73 Å². The van der Waals surface area contributed by atoms with Crippen LogP contribution in [0.25, 0.3) is 0 Å². The molecule has 1 atom stereocenters. The largest absolute Gasteiger partial charge is 0.471 e. The van der Waals surface area contributed by atoms with Gasteiger partial charge < -0.3 is 20.9 Å². The summed E-state index contributed by atoms with van der Waals surface area (Å²) < 4.78 is 37.8. The molecule has 10 nitrogen and oxygen atoms in total. The number of carbonyl (C=O) groups excluding carboxylic acids is 2. The predicted octanol–water partition coefficient (Wildman–Crippen LogP) is 2.70. The van der Waals surface area contributed by atoms with Crippen LogP contribution in [0.15, 0.2) is 12.1 Å². The number of halogens is 2. The monoisotopic (exact) mass is 554 g/mol. The average molecular weight is 555 g/mol. The Labute approximate surface area is 225 Å². The Morgan fingerprint density at radius 3 is 2.47 bits per heavy atom. The molecule has 5 N–H and O–H groups in total. The first-order chi connectivity index (χ1) is 18.2. The van der Waals surface area contributed by atoms with Gasteiger partial charge in [0.15, 0.2) is 0 Å². The Morgan fingerprint density at radius 1 is 1.21 bits per heavy atom. The number of amides is 3. The SMILES string of the molecule is CCCCC(CN1CCN(CCO)CC1)NC(=O)Nc1snc(OCc2c(F)cc(C)cc2F)c1C(N)=O. The lowest BCUT2D eigenvalue weighted by molar-refractivity contribution is 0.0996. The molecule has 210 valence electrons. The van der Waals surface area contributed by atoms with E-state index in [2.05, 4.69) is 31.7 Å². The molecule has 0 saturated carbocycles. The molecule has 1 saturated heterocycles.